The summed E-state index contributed by atoms with van der Waals surface area (Å²) in [4.78, 5) is 0. The van der Waals surface area contributed by atoms with Gasteiger partial charge in [-0.15, -0.1) is 11.3 Å². The van der Waals surface area contributed by atoms with Gasteiger partial charge < -0.3 is 4.74 Å². The lowest BCUT2D eigenvalue weighted by Gasteiger charge is -2.22. The van der Waals surface area contributed by atoms with Gasteiger partial charge in [0.1, 0.15) is 11.5 Å². The molecule has 6 aromatic carbocycles. The van der Waals surface area contributed by atoms with Crippen molar-refractivity contribution in [2.75, 3.05) is 0 Å². The average Bonchev–Trinajstić information content (AvgIpc) is 3.32. The summed E-state index contributed by atoms with van der Waals surface area (Å²) in [5.74, 6) is 1.84. The smallest absolute Gasteiger partial charge is 0.135 e. The summed E-state index contributed by atoms with van der Waals surface area (Å²) in [5, 5.41) is 5.07. The molecule has 7 aromatic rings. The van der Waals surface area contributed by atoms with Gasteiger partial charge >= 0.3 is 0 Å². The van der Waals surface area contributed by atoms with Crippen molar-refractivity contribution < 1.29 is 4.74 Å². The molecule has 0 fully saturated rings. The molecule has 0 N–H and O–H groups in total. The fourth-order valence-corrected chi connectivity index (χ4v) is 6.76. The van der Waals surface area contributed by atoms with Crippen LogP contribution < -0.4 is 4.74 Å². The standard InChI is InChI=1S/C34H20OS/c1-2-15-31-27(11-1)34-25(12-6-16-32(34)36-31)24-10-3-9-22(19-24)23-17-18-29-28(20-23)26-13-4-7-21-8-5-14-30(35-29)33(21)26/h1-20H. The lowest BCUT2D eigenvalue weighted by molar-refractivity contribution is 0.487. The maximum Gasteiger partial charge on any atom is 0.135 e. The van der Waals surface area contributed by atoms with E-state index in [2.05, 4.69) is 121 Å². The molecular weight excluding hydrogens is 456 g/mol. The van der Waals surface area contributed by atoms with E-state index in [1.165, 1.54) is 58.8 Å². The molecule has 0 unspecified atom stereocenters. The number of ether oxygens (including phenoxy) is 1. The van der Waals surface area contributed by atoms with Crippen LogP contribution in [0.4, 0.5) is 0 Å². The number of rotatable bonds is 2. The largest absolute Gasteiger partial charge is 0.456 e. The first-order valence-electron chi connectivity index (χ1n) is 12.2. The van der Waals surface area contributed by atoms with Crippen molar-refractivity contribution in [2.45, 2.75) is 0 Å². The topological polar surface area (TPSA) is 9.23 Å². The summed E-state index contributed by atoms with van der Waals surface area (Å²) >= 11 is 1.86. The third-order valence-corrected chi connectivity index (χ3v) is 8.40. The number of fused-ring (bicyclic) bond motifs is 5. The monoisotopic (exact) mass is 476 g/mol. The molecule has 1 nitrogen and oxygen atoms in total. The van der Waals surface area contributed by atoms with E-state index in [4.69, 9.17) is 4.74 Å². The molecule has 0 aliphatic carbocycles. The molecule has 0 spiro atoms. The summed E-state index contributed by atoms with van der Waals surface area (Å²) in [7, 11) is 0. The van der Waals surface area contributed by atoms with E-state index in [0.717, 1.165) is 17.1 Å². The van der Waals surface area contributed by atoms with Gasteiger partial charge in [0.05, 0.1) is 0 Å². The molecule has 0 radical (unpaired) electrons. The molecule has 1 aromatic heterocycles. The molecule has 168 valence electrons. The molecule has 1 aliphatic rings. The van der Waals surface area contributed by atoms with Gasteiger partial charge in [-0.2, -0.15) is 0 Å². The Morgan fingerprint density at radius 1 is 0.444 bits per heavy atom. The molecular formula is C34H20OS. The maximum absolute atomic E-state index is 6.31. The Bertz CT molecular complexity index is 1970. The van der Waals surface area contributed by atoms with Crippen LogP contribution in [-0.4, -0.2) is 0 Å². The number of thiophene rings is 1. The van der Waals surface area contributed by atoms with Crippen molar-refractivity contribution in [3.8, 4) is 44.9 Å². The Morgan fingerprint density at radius 2 is 1.19 bits per heavy atom. The predicted molar refractivity (Wildman–Crippen MR) is 153 cm³/mol. The molecule has 36 heavy (non-hydrogen) atoms. The molecule has 0 atom stereocenters. The van der Waals surface area contributed by atoms with Crippen molar-refractivity contribution in [3.05, 3.63) is 121 Å². The van der Waals surface area contributed by atoms with Gasteiger partial charge in [0.15, 0.2) is 0 Å². The van der Waals surface area contributed by atoms with Gasteiger partial charge in [-0.25, -0.2) is 0 Å². The van der Waals surface area contributed by atoms with Crippen LogP contribution in [0.5, 0.6) is 11.5 Å². The fourth-order valence-electron chi connectivity index (χ4n) is 5.63. The minimum absolute atomic E-state index is 0.913. The van der Waals surface area contributed by atoms with Crippen molar-refractivity contribution in [1.29, 1.82) is 0 Å². The molecule has 0 saturated carbocycles. The Balaban J connectivity index is 1.30. The number of hydrogen-bond acceptors (Lipinski definition) is 2. The summed E-state index contributed by atoms with van der Waals surface area (Å²) in [5.41, 5.74) is 7.30. The minimum Gasteiger partial charge on any atom is -0.456 e. The highest BCUT2D eigenvalue weighted by atomic mass is 32.1. The van der Waals surface area contributed by atoms with Crippen LogP contribution in [0.25, 0.3) is 64.3 Å². The zero-order valence-corrected chi connectivity index (χ0v) is 20.2. The molecule has 0 amide bonds. The van der Waals surface area contributed by atoms with E-state index in [0.29, 0.717) is 0 Å². The molecule has 0 saturated heterocycles. The molecule has 8 rings (SSSR count). The van der Waals surface area contributed by atoms with Crippen molar-refractivity contribution >= 4 is 42.3 Å². The van der Waals surface area contributed by atoms with Crippen LogP contribution in [0.1, 0.15) is 0 Å². The van der Waals surface area contributed by atoms with Gasteiger partial charge in [0.2, 0.25) is 0 Å². The van der Waals surface area contributed by atoms with E-state index in [1.54, 1.807) is 0 Å². The Labute approximate surface area is 212 Å². The second-order valence-electron chi connectivity index (χ2n) is 9.33. The van der Waals surface area contributed by atoms with E-state index in [-0.39, 0.29) is 0 Å². The molecule has 1 aliphatic heterocycles. The predicted octanol–water partition coefficient (Wildman–Crippen LogP) is 10.3. The van der Waals surface area contributed by atoms with Crippen LogP contribution in [0.15, 0.2) is 121 Å². The van der Waals surface area contributed by atoms with Gasteiger partial charge in [-0.3, -0.25) is 0 Å². The Hall–Kier alpha value is -4.40. The second-order valence-corrected chi connectivity index (χ2v) is 10.4. The normalized spacial score (nSPS) is 12.1. The summed E-state index contributed by atoms with van der Waals surface area (Å²) in [6.07, 6.45) is 0. The second kappa shape index (κ2) is 7.55. The molecule has 0 bridgehead atoms. The van der Waals surface area contributed by atoms with E-state index in [9.17, 15) is 0 Å². The first-order valence-corrected chi connectivity index (χ1v) is 13.0. The lowest BCUT2D eigenvalue weighted by atomic mass is 9.91. The molecule has 2 heteroatoms. The fraction of sp³-hybridized carbons (Fsp3) is 0. The van der Waals surface area contributed by atoms with Crippen LogP contribution in [-0.2, 0) is 0 Å². The zero-order valence-electron chi connectivity index (χ0n) is 19.4. The third-order valence-electron chi connectivity index (χ3n) is 7.27. The van der Waals surface area contributed by atoms with E-state index < -0.39 is 0 Å². The van der Waals surface area contributed by atoms with Crippen molar-refractivity contribution in [2.24, 2.45) is 0 Å². The van der Waals surface area contributed by atoms with Crippen molar-refractivity contribution in [1.82, 2.24) is 0 Å². The van der Waals surface area contributed by atoms with Gasteiger partial charge in [-0.05, 0) is 69.6 Å². The van der Waals surface area contributed by atoms with Crippen molar-refractivity contribution in [3.63, 3.8) is 0 Å². The zero-order chi connectivity index (χ0) is 23.6. The van der Waals surface area contributed by atoms with E-state index in [1.807, 2.05) is 11.3 Å². The quantitative estimate of drug-likeness (QED) is 0.241. The summed E-state index contributed by atoms with van der Waals surface area (Å²) in [6, 6.07) is 43.6. The number of hydrogen-bond donors (Lipinski definition) is 0. The maximum atomic E-state index is 6.31. The van der Waals surface area contributed by atoms with Gasteiger partial charge in [-0.1, -0.05) is 84.9 Å². The highest BCUT2D eigenvalue weighted by Crippen LogP contribution is 2.47. The first kappa shape index (κ1) is 19.9. The van der Waals surface area contributed by atoms with Crippen LogP contribution in [0.3, 0.4) is 0 Å². The average molecular weight is 477 g/mol. The number of benzene rings is 6. The summed E-state index contributed by atoms with van der Waals surface area (Å²) < 4.78 is 8.98. The Kier molecular flexibility index (Phi) is 4.16. The Morgan fingerprint density at radius 3 is 2.17 bits per heavy atom. The summed E-state index contributed by atoms with van der Waals surface area (Å²) in [6.45, 7) is 0. The van der Waals surface area contributed by atoms with Gasteiger partial charge in [0.25, 0.3) is 0 Å². The SMILES string of the molecule is c1cc(-c2ccc3c(c2)-c2cccc4cccc(c24)O3)cc(-c2cccc3sc4ccccc4c23)c1. The highest BCUT2D eigenvalue weighted by Gasteiger charge is 2.20. The van der Waals surface area contributed by atoms with Crippen LogP contribution in [0, 0.1) is 0 Å². The minimum atomic E-state index is 0.913. The third kappa shape index (κ3) is 2.89. The lowest BCUT2D eigenvalue weighted by Crippen LogP contribution is -1.97. The van der Waals surface area contributed by atoms with Crippen LogP contribution >= 0.6 is 11.3 Å². The van der Waals surface area contributed by atoms with Gasteiger partial charge in [0, 0.05) is 31.1 Å². The molecule has 2 heterocycles. The van der Waals surface area contributed by atoms with Crippen LogP contribution in [0.2, 0.25) is 0 Å². The first-order chi connectivity index (χ1) is 17.8. The van der Waals surface area contributed by atoms with E-state index >= 15 is 0 Å². The highest BCUT2D eigenvalue weighted by molar-refractivity contribution is 7.25.